The molecule has 1 aliphatic heterocycles. The standard InChI is InChI=1S/C17H17NO3/c1-12(18-17(19)14-5-3-2-4-6-14)9-13-7-8-15-16(10-13)21-11-20-15/h2-8,10,12H,9,11H2,1H3,(H,18,19). The molecule has 2 aromatic rings. The maximum Gasteiger partial charge on any atom is 0.251 e. The molecule has 0 saturated heterocycles. The van der Waals surface area contributed by atoms with Crippen LogP contribution in [0.25, 0.3) is 0 Å². The summed E-state index contributed by atoms with van der Waals surface area (Å²) < 4.78 is 10.7. The quantitative estimate of drug-likeness (QED) is 0.938. The fourth-order valence-corrected chi connectivity index (χ4v) is 2.37. The van der Waals surface area contributed by atoms with Crippen molar-refractivity contribution < 1.29 is 14.3 Å². The highest BCUT2D eigenvalue weighted by Crippen LogP contribution is 2.32. The Kier molecular flexibility index (Phi) is 3.77. The molecule has 1 heterocycles. The van der Waals surface area contributed by atoms with Gasteiger partial charge in [-0.15, -0.1) is 0 Å². The summed E-state index contributed by atoms with van der Waals surface area (Å²) in [7, 11) is 0. The number of amides is 1. The van der Waals surface area contributed by atoms with E-state index in [0.717, 1.165) is 23.5 Å². The molecular weight excluding hydrogens is 266 g/mol. The highest BCUT2D eigenvalue weighted by molar-refractivity contribution is 5.94. The van der Waals surface area contributed by atoms with Crippen LogP contribution >= 0.6 is 0 Å². The van der Waals surface area contributed by atoms with Crippen molar-refractivity contribution in [3.8, 4) is 11.5 Å². The van der Waals surface area contributed by atoms with Crippen LogP contribution in [0.5, 0.6) is 11.5 Å². The third-order valence-corrected chi connectivity index (χ3v) is 3.39. The molecule has 0 aliphatic carbocycles. The van der Waals surface area contributed by atoms with Gasteiger partial charge in [0.05, 0.1) is 0 Å². The fraction of sp³-hybridized carbons (Fsp3) is 0.235. The number of carbonyl (C=O) groups is 1. The molecule has 0 spiro atoms. The summed E-state index contributed by atoms with van der Waals surface area (Å²) in [5, 5.41) is 3.00. The van der Waals surface area contributed by atoms with E-state index in [9.17, 15) is 4.79 Å². The van der Waals surface area contributed by atoms with Crippen LogP contribution in [0.1, 0.15) is 22.8 Å². The van der Waals surface area contributed by atoms with E-state index in [4.69, 9.17) is 9.47 Å². The molecule has 0 saturated carbocycles. The lowest BCUT2D eigenvalue weighted by Gasteiger charge is -2.14. The lowest BCUT2D eigenvalue weighted by Crippen LogP contribution is -2.34. The zero-order chi connectivity index (χ0) is 14.7. The number of ether oxygens (including phenoxy) is 2. The van der Waals surface area contributed by atoms with Crippen molar-refractivity contribution in [1.29, 1.82) is 0 Å². The molecule has 4 heteroatoms. The Labute approximate surface area is 123 Å². The average molecular weight is 283 g/mol. The molecule has 0 bridgehead atoms. The predicted molar refractivity (Wildman–Crippen MR) is 79.6 cm³/mol. The molecule has 108 valence electrons. The molecule has 1 N–H and O–H groups in total. The first-order valence-corrected chi connectivity index (χ1v) is 6.97. The largest absolute Gasteiger partial charge is 0.454 e. The molecule has 0 fully saturated rings. The molecule has 3 rings (SSSR count). The first-order chi connectivity index (χ1) is 10.2. The van der Waals surface area contributed by atoms with E-state index in [2.05, 4.69) is 5.32 Å². The van der Waals surface area contributed by atoms with E-state index in [1.165, 1.54) is 0 Å². The third kappa shape index (κ3) is 3.16. The SMILES string of the molecule is CC(Cc1ccc2c(c1)OCO2)NC(=O)c1ccccc1. The average Bonchev–Trinajstić information content (AvgIpc) is 2.95. The summed E-state index contributed by atoms with van der Waals surface area (Å²) in [5.74, 6) is 1.50. The minimum absolute atomic E-state index is 0.0399. The van der Waals surface area contributed by atoms with Crippen molar-refractivity contribution in [3.05, 3.63) is 59.7 Å². The minimum atomic E-state index is -0.0520. The molecule has 1 amide bonds. The number of hydrogen-bond donors (Lipinski definition) is 1. The number of carbonyl (C=O) groups excluding carboxylic acids is 1. The van der Waals surface area contributed by atoms with Crippen LogP contribution in [0.3, 0.4) is 0 Å². The molecule has 0 aromatic heterocycles. The van der Waals surface area contributed by atoms with Gasteiger partial charge in [0.2, 0.25) is 6.79 Å². The van der Waals surface area contributed by atoms with Gasteiger partial charge in [-0.05, 0) is 43.2 Å². The first kappa shape index (κ1) is 13.5. The van der Waals surface area contributed by atoms with Crippen molar-refractivity contribution in [1.82, 2.24) is 5.32 Å². The van der Waals surface area contributed by atoms with Gasteiger partial charge >= 0.3 is 0 Å². The summed E-state index contributed by atoms with van der Waals surface area (Å²) in [6.45, 7) is 2.27. The van der Waals surface area contributed by atoms with Crippen molar-refractivity contribution in [2.45, 2.75) is 19.4 Å². The fourth-order valence-electron chi connectivity index (χ4n) is 2.37. The minimum Gasteiger partial charge on any atom is -0.454 e. The first-order valence-electron chi connectivity index (χ1n) is 6.97. The second-order valence-electron chi connectivity index (χ2n) is 5.13. The molecule has 2 aromatic carbocycles. The number of hydrogen-bond acceptors (Lipinski definition) is 3. The number of rotatable bonds is 4. The van der Waals surface area contributed by atoms with Crippen molar-refractivity contribution >= 4 is 5.91 Å². The van der Waals surface area contributed by atoms with Crippen LogP contribution in [-0.4, -0.2) is 18.7 Å². The highest BCUT2D eigenvalue weighted by atomic mass is 16.7. The summed E-state index contributed by atoms with van der Waals surface area (Å²) in [4.78, 5) is 12.1. The third-order valence-electron chi connectivity index (χ3n) is 3.39. The van der Waals surface area contributed by atoms with Crippen LogP contribution in [0.2, 0.25) is 0 Å². The maximum absolute atomic E-state index is 12.1. The van der Waals surface area contributed by atoms with Gasteiger partial charge in [0.1, 0.15) is 0 Å². The normalized spacial score (nSPS) is 13.8. The van der Waals surface area contributed by atoms with Gasteiger partial charge in [0.15, 0.2) is 11.5 Å². The Balaban J connectivity index is 1.61. The lowest BCUT2D eigenvalue weighted by atomic mass is 10.1. The van der Waals surface area contributed by atoms with Gasteiger partial charge in [-0.2, -0.15) is 0 Å². The van der Waals surface area contributed by atoms with Crippen molar-refractivity contribution in [2.24, 2.45) is 0 Å². The Morgan fingerprint density at radius 2 is 1.90 bits per heavy atom. The molecular formula is C17H17NO3. The van der Waals surface area contributed by atoms with Crippen LogP contribution in [0.15, 0.2) is 48.5 Å². The zero-order valence-corrected chi connectivity index (χ0v) is 11.8. The highest BCUT2D eigenvalue weighted by Gasteiger charge is 2.15. The summed E-state index contributed by atoms with van der Waals surface area (Å²) >= 11 is 0. The van der Waals surface area contributed by atoms with Gasteiger partial charge in [-0.3, -0.25) is 4.79 Å². The number of benzene rings is 2. The summed E-state index contributed by atoms with van der Waals surface area (Å²) in [6.07, 6.45) is 0.745. The summed E-state index contributed by atoms with van der Waals surface area (Å²) in [6, 6.07) is 15.1. The van der Waals surface area contributed by atoms with Crippen molar-refractivity contribution in [2.75, 3.05) is 6.79 Å². The Bertz CT molecular complexity index is 640. The van der Waals surface area contributed by atoms with Crippen LogP contribution in [0, 0.1) is 0 Å². The van der Waals surface area contributed by atoms with E-state index < -0.39 is 0 Å². The zero-order valence-electron chi connectivity index (χ0n) is 11.8. The summed E-state index contributed by atoms with van der Waals surface area (Å²) in [5.41, 5.74) is 1.79. The Hall–Kier alpha value is -2.49. The second-order valence-corrected chi connectivity index (χ2v) is 5.13. The lowest BCUT2D eigenvalue weighted by molar-refractivity contribution is 0.0940. The van der Waals surface area contributed by atoms with Gasteiger partial charge in [-0.1, -0.05) is 24.3 Å². The van der Waals surface area contributed by atoms with Crippen LogP contribution in [-0.2, 0) is 6.42 Å². The second kappa shape index (κ2) is 5.87. The molecule has 4 nitrogen and oxygen atoms in total. The van der Waals surface area contributed by atoms with E-state index >= 15 is 0 Å². The smallest absolute Gasteiger partial charge is 0.251 e. The predicted octanol–water partition coefficient (Wildman–Crippen LogP) is 2.78. The van der Waals surface area contributed by atoms with Gasteiger partial charge in [-0.25, -0.2) is 0 Å². The van der Waals surface area contributed by atoms with E-state index in [0.29, 0.717) is 5.56 Å². The van der Waals surface area contributed by atoms with Crippen LogP contribution in [0.4, 0.5) is 0 Å². The number of fused-ring (bicyclic) bond motifs is 1. The molecule has 1 atom stereocenters. The molecule has 21 heavy (non-hydrogen) atoms. The Morgan fingerprint density at radius 1 is 1.14 bits per heavy atom. The van der Waals surface area contributed by atoms with E-state index in [1.54, 1.807) is 0 Å². The van der Waals surface area contributed by atoms with Crippen molar-refractivity contribution in [3.63, 3.8) is 0 Å². The topological polar surface area (TPSA) is 47.6 Å². The van der Waals surface area contributed by atoms with E-state index in [1.807, 2.05) is 55.5 Å². The monoisotopic (exact) mass is 283 g/mol. The molecule has 0 radical (unpaired) electrons. The van der Waals surface area contributed by atoms with E-state index in [-0.39, 0.29) is 18.7 Å². The van der Waals surface area contributed by atoms with Gasteiger partial charge in [0, 0.05) is 11.6 Å². The Morgan fingerprint density at radius 3 is 2.71 bits per heavy atom. The van der Waals surface area contributed by atoms with Gasteiger partial charge in [0.25, 0.3) is 5.91 Å². The maximum atomic E-state index is 12.1. The van der Waals surface area contributed by atoms with Crippen LogP contribution < -0.4 is 14.8 Å². The van der Waals surface area contributed by atoms with Gasteiger partial charge < -0.3 is 14.8 Å². The molecule has 1 unspecified atom stereocenters. The molecule has 1 aliphatic rings. The number of nitrogens with one attached hydrogen (secondary N) is 1.